The number of carbonyl (C=O) groups excluding carboxylic acids is 3. The first-order valence-electron chi connectivity index (χ1n) is 26.3. The van der Waals surface area contributed by atoms with Crippen molar-refractivity contribution in [3.63, 3.8) is 0 Å². The van der Waals surface area contributed by atoms with E-state index >= 15 is 0 Å². The molecule has 0 spiro atoms. The van der Waals surface area contributed by atoms with Crippen molar-refractivity contribution in [1.29, 1.82) is 0 Å². The molecule has 0 aromatic carbocycles. The summed E-state index contributed by atoms with van der Waals surface area (Å²) < 4.78 is 16.8. The van der Waals surface area contributed by atoms with Crippen LogP contribution >= 0.6 is 0 Å². The summed E-state index contributed by atoms with van der Waals surface area (Å²) in [6.45, 7) is 6.59. The maximum absolute atomic E-state index is 12.8. The van der Waals surface area contributed by atoms with Crippen LogP contribution < -0.4 is 0 Å². The second-order valence-corrected chi connectivity index (χ2v) is 17.8. The van der Waals surface area contributed by atoms with Crippen LogP contribution in [0.15, 0.2) is 24.3 Å². The van der Waals surface area contributed by atoms with Crippen LogP contribution in [0.25, 0.3) is 0 Å². The van der Waals surface area contributed by atoms with Gasteiger partial charge in [0.25, 0.3) is 0 Å². The van der Waals surface area contributed by atoms with Gasteiger partial charge in [-0.05, 0) is 64.2 Å². The largest absolute Gasteiger partial charge is 0.462 e. The van der Waals surface area contributed by atoms with Crippen molar-refractivity contribution >= 4 is 17.9 Å². The molecule has 6 heteroatoms. The van der Waals surface area contributed by atoms with E-state index in [0.29, 0.717) is 19.3 Å². The fourth-order valence-corrected chi connectivity index (χ4v) is 7.65. The fraction of sp³-hybridized carbons (Fsp3) is 0.870. The third-order valence-corrected chi connectivity index (χ3v) is 11.7. The first kappa shape index (κ1) is 57.9. The molecule has 0 bridgehead atoms. The van der Waals surface area contributed by atoms with Crippen LogP contribution in [-0.4, -0.2) is 37.2 Å². The molecule has 0 saturated carbocycles. The van der Waals surface area contributed by atoms with Crippen LogP contribution in [0.1, 0.15) is 284 Å². The van der Waals surface area contributed by atoms with Gasteiger partial charge in [0.2, 0.25) is 0 Å². The Morgan fingerprint density at radius 3 is 0.917 bits per heavy atom. The number of hydrogen-bond acceptors (Lipinski definition) is 6. The zero-order valence-electron chi connectivity index (χ0n) is 40.2. The number of rotatable bonds is 48. The normalized spacial score (nSPS) is 12.1. The van der Waals surface area contributed by atoms with Crippen molar-refractivity contribution in [2.24, 2.45) is 0 Å². The second-order valence-electron chi connectivity index (χ2n) is 17.8. The molecule has 0 rings (SSSR count). The highest BCUT2D eigenvalue weighted by Gasteiger charge is 2.19. The molecule has 0 aromatic rings. The molecule has 0 aliphatic carbocycles. The first-order valence-corrected chi connectivity index (χ1v) is 26.3. The van der Waals surface area contributed by atoms with Gasteiger partial charge in [0.15, 0.2) is 6.10 Å². The number of ether oxygens (including phenoxy) is 3. The average molecular weight is 845 g/mol. The van der Waals surface area contributed by atoms with Crippen molar-refractivity contribution < 1.29 is 28.6 Å². The Labute approximate surface area is 373 Å². The summed E-state index contributed by atoms with van der Waals surface area (Å²) in [6, 6.07) is 0. The van der Waals surface area contributed by atoms with Gasteiger partial charge in [0.05, 0.1) is 0 Å². The highest BCUT2D eigenvalue weighted by atomic mass is 16.6. The fourth-order valence-electron chi connectivity index (χ4n) is 7.65. The van der Waals surface area contributed by atoms with E-state index in [1.54, 1.807) is 0 Å². The maximum Gasteiger partial charge on any atom is 0.306 e. The van der Waals surface area contributed by atoms with Crippen LogP contribution in [0.5, 0.6) is 0 Å². The van der Waals surface area contributed by atoms with Crippen molar-refractivity contribution in [2.45, 2.75) is 290 Å². The highest BCUT2D eigenvalue weighted by Crippen LogP contribution is 2.16. The van der Waals surface area contributed by atoms with Gasteiger partial charge in [-0.1, -0.05) is 225 Å². The summed E-state index contributed by atoms with van der Waals surface area (Å²) in [5.74, 6) is -0.881. The van der Waals surface area contributed by atoms with Crippen LogP contribution in [0.3, 0.4) is 0 Å². The maximum atomic E-state index is 12.8. The number of carbonyl (C=O) groups is 3. The smallest absolute Gasteiger partial charge is 0.306 e. The summed E-state index contributed by atoms with van der Waals surface area (Å²) in [4.78, 5) is 37.9. The van der Waals surface area contributed by atoms with Crippen LogP contribution in [-0.2, 0) is 28.6 Å². The van der Waals surface area contributed by atoms with Crippen LogP contribution in [0.4, 0.5) is 0 Å². The lowest BCUT2D eigenvalue weighted by atomic mass is 10.0. The first-order chi connectivity index (χ1) is 29.5. The van der Waals surface area contributed by atoms with Gasteiger partial charge in [-0.3, -0.25) is 14.4 Å². The predicted octanol–water partition coefficient (Wildman–Crippen LogP) is 17.2. The molecular weight excluding hydrogens is 745 g/mol. The molecule has 0 fully saturated rings. The number of esters is 3. The molecule has 0 aromatic heterocycles. The molecule has 0 aliphatic rings. The van der Waals surface area contributed by atoms with E-state index in [1.807, 2.05) is 0 Å². The molecule has 0 aliphatic heterocycles. The van der Waals surface area contributed by atoms with E-state index in [0.717, 1.165) is 70.6 Å². The summed E-state index contributed by atoms with van der Waals surface area (Å²) in [5, 5.41) is 0. The third kappa shape index (κ3) is 46.9. The van der Waals surface area contributed by atoms with Gasteiger partial charge in [-0.15, -0.1) is 0 Å². The van der Waals surface area contributed by atoms with E-state index in [1.165, 1.54) is 173 Å². The van der Waals surface area contributed by atoms with Gasteiger partial charge in [0, 0.05) is 19.3 Å². The van der Waals surface area contributed by atoms with E-state index in [9.17, 15) is 14.4 Å². The quantitative estimate of drug-likeness (QED) is 0.0263. The molecule has 0 N–H and O–H groups in total. The number of hydrogen-bond donors (Lipinski definition) is 0. The van der Waals surface area contributed by atoms with Crippen molar-refractivity contribution in [3.05, 3.63) is 24.3 Å². The van der Waals surface area contributed by atoms with E-state index < -0.39 is 6.10 Å². The standard InChI is InChI=1S/C54H100O6/c1-4-7-10-13-16-19-22-24-25-26-27-28-29-30-33-35-38-41-44-47-53(56)59-50-51(49-58-52(55)46-43-40-37-34-31-21-18-15-12-9-6-3)60-54(57)48-45-42-39-36-32-23-20-17-14-11-8-5-2/h15,17-18,20,51H,4-14,16,19,21-50H2,1-3H3/b18-15-,20-17-/t51-/m1/s1. The lowest BCUT2D eigenvalue weighted by Crippen LogP contribution is -2.30. The average Bonchev–Trinajstić information content (AvgIpc) is 3.24. The predicted molar refractivity (Wildman–Crippen MR) is 256 cm³/mol. The third-order valence-electron chi connectivity index (χ3n) is 11.7. The summed E-state index contributed by atoms with van der Waals surface area (Å²) in [7, 11) is 0. The lowest BCUT2D eigenvalue weighted by Gasteiger charge is -2.18. The van der Waals surface area contributed by atoms with E-state index in [4.69, 9.17) is 14.2 Å². The molecule has 0 heterocycles. The molecule has 1 atom stereocenters. The minimum Gasteiger partial charge on any atom is -0.462 e. The Bertz CT molecular complexity index is 973. The van der Waals surface area contributed by atoms with Gasteiger partial charge in [-0.25, -0.2) is 0 Å². The lowest BCUT2D eigenvalue weighted by molar-refractivity contribution is -0.167. The molecule has 0 amide bonds. The van der Waals surface area contributed by atoms with Gasteiger partial charge >= 0.3 is 17.9 Å². The zero-order valence-corrected chi connectivity index (χ0v) is 40.2. The number of allylic oxidation sites excluding steroid dienone is 4. The molecule has 0 saturated heterocycles. The molecule has 0 unspecified atom stereocenters. The summed E-state index contributed by atoms with van der Waals surface area (Å²) in [5.41, 5.74) is 0. The van der Waals surface area contributed by atoms with E-state index in [2.05, 4.69) is 45.1 Å². The topological polar surface area (TPSA) is 78.9 Å². The molecule has 352 valence electrons. The van der Waals surface area contributed by atoms with Crippen molar-refractivity contribution in [2.75, 3.05) is 13.2 Å². The SMILES string of the molecule is CCCC/C=C\CCCCCCCC(=O)OC[C@H](COC(=O)CCCCCCCCCCCCCCCCCCCCC)OC(=O)CCCCCCC/C=C\CCCCC. The number of unbranched alkanes of at least 4 members (excludes halogenated alkanes) is 33. The minimum atomic E-state index is -0.773. The molecule has 6 nitrogen and oxygen atoms in total. The van der Waals surface area contributed by atoms with Crippen molar-refractivity contribution in [3.8, 4) is 0 Å². The summed E-state index contributed by atoms with van der Waals surface area (Å²) >= 11 is 0. The highest BCUT2D eigenvalue weighted by molar-refractivity contribution is 5.71. The van der Waals surface area contributed by atoms with E-state index in [-0.39, 0.29) is 31.1 Å². The van der Waals surface area contributed by atoms with Crippen LogP contribution in [0.2, 0.25) is 0 Å². The van der Waals surface area contributed by atoms with Gasteiger partial charge < -0.3 is 14.2 Å². The molecule has 0 radical (unpaired) electrons. The molecule has 60 heavy (non-hydrogen) atoms. The molecular formula is C54H100O6. The van der Waals surface area contributed by atoms with Gasteiger partial charge in [0.1, 0.15) is 13.2 Å². The Morgan fingerprint density at radius 2 is 0.567 bits per heavy atom. The second kappa shape index (κ2) is 49.5. The Balaban J connectivity index is 4.27. The van der Waals surface area contributed by atoms with Crippen LogP contribution in [0, 0.1) is 0 Å². The minimum absolute atomic E-state index is 0.0736. The van der Waals surface area contributed by atoms with Crippen molar-refractivity contribution in [1.82, 2.24) is 0 Å². The Morgan fingerprint density at radius 1 is 0.317 bits per heavy atom. The monoisotopic (exact) mass is 845 g/mol. The Hall–Kier alpha value is -2.11. The zero-order chi connectivity index (χ0) is 43.7. The van der Waals surface area contributed by atoms with Gasteiger partial charge in [-0.2, -0.15) is 0 Å². The Kier molecular flexibility index (Phi) is 47.8. The summed E-state index contributed by atoms with van der Waals surface area (Å²) in [6.07, 6.45) is 56.0.